The fraction of sp³-hybridized carbons (Fsp3) is 0.429. The van der Waals surface area contributed by atoms with E-state index in [1.54, 1.807) is 25.1 Å². The van der Waals surface area contributed by atoms with Gasteiger partial charge in [0.1, 0.15) is 24.1 Å². The smallest absolute Gasteiger partial charge is 0.296 e. The van der Waals surface area contributed by atoms with Crippen molar-refractivity contribution in [2.45, 2.75) is 37.8 Å². The minimum absolute atomic E-state index is 0.0661. The number of imidazole rings is 1. The van der Waals surface area contributed by atoms with E-state index in [1.165, 1.54) is 0 Å². The number of pyridine rings is 1. The van der Waals surface area contributed by atoms with E-state index < -0.39 is 18.3 Å². The van der Waals surface area contributed by atoms with Crippen molar-refractivity contribution in [3.05, 3.63) is 35.4 Å². The number of aromatic nitrogens is 3. The van der Waals surface area contributed by atoms with Crippen LogP contribution in [0.25, 0.3) is 22.4 Å². The molecule has 166 valence electrons. The van der Waals surface area contributed by atoms with Crippen molar-refractivity contribution in [1.82, 2.24) is 15.0 Å². The van der Waals surface area contributed by atoms with Gasteiger partial charge in [-0.2, -0.15) is 4.98 Å². The van der Waals surface area contributed by atoms with Crippen LogP contribution in [0.5, 0.6) is 11.8 Å². The number of fused-ring (bicyclic) bond motifs is 1. The number of hydrogen-bond acceptors (Lipinski definition) is 8. The molecule has 4 N–H and O–H groups in total. The molecular formula is C21H24ClN3O6. The van der Waals surface area contributed by atoms with Crippen LogP contribution in [0.15, 0.2) is 30.3 Å². The zero-order valence-corrected chi connectivity index (χ0v) is 17.6. The molecule has 0 amide bonds. The first-order valence-electron chi connectivity index (χ1n) is 9.98. The number of hydrogen-bond donors (Lipinski definition) is 4. The average molecular weight is 450 g/mol. The van der Waals surface area contributed by atoms with Gasteiger partial charge in [0.2, 0.25) is 0 Å². The molecule has 31 heavy (non-hydrogen) atoms. The Morgan fingerprint density at radius 1 is 1.26 bits per heavy atom. The van der Waals surface area contributed by atoms with Gasteiger partial charge in [0.25, 0.3) is 6.01 Å². The lowest BCUT2D eigenvalue weighted by atomic mass is 10.0. The number of aliphatic hydroxyl groups is 3. The van der Waals surface area contributed by atoms with Crippen molar-refractivity contribution in [2.24, 2.45) is 0 Å². The first-order chi connectivity index (χ1) is 15.0. The van der Waals surface area contributed by atoms with E-state index in [-0.39, 0.29) is 31.9 Å². The van der Waals surface area contributed by atoms with Gasteiger partial charge in [-0.05, 0) is 37.3 Å². The average Bonchev–Trinajstić information content (AvgIpc) is 3.14. The van der Waals surface area contributed by atoms with Crippen LogP contribution in [-0.2, 0) is 4.74 Å². The van der Waals surface area contributed by atoms with E-state index in [9.17, 15) is 5.11 Å². The van der Waals surface area contributed by atoms with Crippen molar-refractivity contribution in [2.75, 3.05) is 19.8 Å². The Morgan fingerprint density at radius 3 is 2.71 bits per heavy atom. The van der Waals surface area contributed by atoms with E-state index >= 15 is 0 Å². The monoisotopic (exact) mass is 449 g/mol. The quantitative estimate of drug-likeness (QED) is 0.430. The molecule has 0 bridgehead atoms. The van der Waals surface area contributed by atoms with Crippen LogP contribution >= 0.6 is 11.6 Å². The Bertz CT molecular complexity index is 1030. The fourth-order valence-electron chi connectivity index (χ4n) is 3.36. The summed E-state index contributed by atoms with van der Waals surface area (Å²) in [5.74, 6) is 0.637. The van der Waals surface area contributed by atoms with Crippen LogP contribution in [0, 0.1) is 0 Å². The van der Waals surface area contributed by atoms with Gasteiger partial charge in [0, 0.05) is 12.0 Å². The second kappa shape index (κ2) is 9.37. The summed E-state index contributed by atoms with van der Waals surface area (Å²) in [6.07, 6.45) is -1.77. The van der Waals surface area contributed by atoms with Crippen LogP contribution in [-0.4, -0.2) is 74.5 Å². The van der Waals surface area contributed by atoms with Crippen molar-refractivity contribution in [3.63, 3.8) is 0 Å². The summed E-state index contributed by atoms with van der Waals surface area (Å²) in [7, 11) is 0. The van der Waals surface area contributed by atoms with Crippen molar-refractivity contribution < 1.29 is 29.5 Å². The lowest BCUT2D eigenvalue weighted by Gasteiger charge is -2.31. The summed E-state index contributed by atoms with van der Waals surface area (Å²) in [6.45, 7) is 1.71. The maximum Gasteiger partial charge on any atom is 0.296 e. The van der Waals surface area contributed by atoms with E-state index in [0.717, 1.165) is 5.56 Å². The third-order valence-corrected chi connectivity index (χ3v) is 5.30. The maximum absolute atomic E-state index is 9.99. The number of rotatable bonds is 7. The maximum atomic E-state index is 9.99. The van der Waals surface area contributed by atoms with Gasteiger partial charge in [-0.1, -0.05) is 11.6 Å². The number of benzene rings is 1. The number of nitrogens with zero attached hydrogens (tertiary/aromatic N) is 2. The molecule has 3 heterocycles. The zero-order valence-electron chi connectivity index (χ0n) is 16.9. The lowest BCUT2D eigenvalue weighted by Crippen LogP contribution is -2.45. The summed E-state index contributed by atoms with van der Waals surface area (Å²) in [6, 6.07) is 9.23. The number of halogens is 1. The highest BCUT2D eigenvalue weighted by molar-refractivity contribution is 6.33. The van der Waals surface area contributed by atoms with Crippen LogP contribution in [0.1, 0.15) is 13.3 Å². The van der Waals surface area contributed by atoms with E-state index in [1.807, 2.05) is 12.1 Å². The number of ether oxygens (including phenoxy) is 3. The molecule has 1 saturated heterocycles. The Labute approximate surface area is 183 Å². The highest BCUT2D eigenvalue weighted by Crippen LogP contribution is 2.31. The van der Waals surface area contributed by atoms with E-state index in [0.29, 0.717) is 34.1 Å². The molecule has 0 aliphatic carbocycles. The SMILES string of the molecule is CC(CO)Oc1ccc(-c2nc3nc(O[C@H]4CO[C@H](CO)[C@@H](O)C4)[nH]c3cc2Cl)cc1. The van der Waals surface area contributed by atoms with Crippen LogP contribution in [0.4, 0.5) is 0 Å². The van der Waals surface area contributed by atoms with E-state index in [4.69, 9.17) is 36.0 Å². The highest BCUT2D eigenvalue weighted by atomic mass is 35.5. The lowest BCUT2D eigenvalue weighted by molar-refractivity contribution is -0.131. The van der Waals surface area contributed by atoms with Gasteiger partial charge in [0.05, 0.1) is 42.2 Å². The number of aliphatic hydroxyl groups excluding tert-OH is 3. The number of H-pyrrole nitrogens is 1. The zero-order chi connectivity index (χ0) is 22.0. The van der Waals surface area contributed by atoms with Crippen LogP contribution in [0.3, 0.4) is 0 Å². The largest absolute Gasteiger partial charge is 0.488 e. The minimum atomic E-state index is -0.806. The third kappa shape index (κ3) is 4.91. The minimum Gasteiger partial charge on any atom is -0.488 e. The van der Waals surface area contributed by atoms with Crippen LogP contribution < -0.4 is 9.47 Å². The van der Waals surface area contributed by atoms with Gasteiger partial charge < -0.3 is 34.5 Å². The molecule has 4 atom stereocenters. The van der Waals surface area contributed by atoms with Gasteiger partial charge in [-0.15, -0.1) is 0 Å². The van der Waals surface area contributed by atoms with Crippen LogP contribution in [0.2, 0.25) is 5.02 Å². The Kier molecular flexibility index (Phi) is 6.59. The first-order valence-corrected chi connectivity index (χ1v) is 10.4. The fourth-order valence-corrected chi connectivity index (χ4v) is 3.62. The molecule has 0 radical (unpaired) electrons. The Balaban J connectivity index is 1.51. The van der Waals surface area contributed by atoms with Gasteiger partial charge in [-0.25, -0.2) is 4.98 Å². The highest BCUT2D eigenvalue weighted by Gasteiger charge is 2.31. The van der Waals surface area contributed by atoms with Crippen molar-refractivity contribution >= 4 is 22.8 Å². The van der Waals surface area contributed by atoms with Crippen molar-refractivity contribution in [1.29, 1.82) is 0 Å². The number of aromatic amines is 1. The summed E-state index contributed by atoms with van der Waals surface area (Å²) in [5, 5.41) is 28.7. The first kappa shape index (κ1) is 21.8. The second-order valence-electron chi connectivity index (χ2n) is 7.46. The molecule has 1 aromatic carbocycles. The second-order valence-corrected chi connectivity index (χ2v) is 7.87. The molecular weight excluding hydrogens is 426 g/mol. The topological polar surface area (TPSA) is 130 Å². The molecule has 1 aliphatic rings. The molecule has 3 aromatic rings. The van der Waals surface area contributed by atoms with Gasteiger partial charge in [0.15, 0.2) is 5.65 Å². The normalized spacial score (nSPS) is 22.4. The molecule has 0 saturated carbocycles. The summed E-state index contributed by atoms with van der Waals surface area (Å²) in [4.78, 5) is 12.0. The molecule has 1 fully saturated rings. The van der Waals surface area contributed by atoms with E-state index in [2.05, 4.69) is 15.0 Å². The summed E-state index contributed by atoms with van der Waals surface area (Å²) in [5.41, 5.74) is 2.41. The predicted octanol–water partition coefficient (Wildman–Crippen LogP) is 1.93. The molecule has 1 unspecified atom stereocenters. The standard InChI is InChI=1S/C21H24ClN3O6/c1-11(8-26)30-13-4-2-12(3-5-13)19-15(22)7-16-20(24-19)25-21(23-16)31-14-6-17(28)18(9-27)29-10-14/h2-5,7,11,14,17-18,26-28H,6,8-10H2,1H3,(H,23,24,25)/t11?,14-,17+,18-/m1/s1. The summed E-state index contributed by atoms with van der Waals surface area (Å²) < 4.78 is 16.8. The molecule has 10 heteroatoms. The Morgan fingerprint density at radius 2 is 2.03 bits per heavy atom. The predicted molar refractivity (Wildman–Crippen MR) is 113 cm³/mol. The molecule has 1 aliphatic heterocycles. The third-order valence-electron chi connectivity index (χ3n) is 5.02. The number of nitrogens with one attached hydrogen (secondary N) is 1. The van der Waals surface area contributed by atoms with Gasteiger partial charge in [-0.3, -0.25) is 0 Å². The molecule has 4 rings (SSSR count). The molecule has 0 spiro atoms. The molecule has 2 aromatic heterocycles. The summed E-state index contributed by atoms with van der Waals surface area (Å²) >= 11 is 6.44. The van der Waals surface area contributed by atoms with Gasteiger partial charge >= 0.3 is 0 Å². The molecule has 9 nitrogen and oxygen atoms in total. The van der Waals surface area contributed by atoms with Crippen molar-refractivity contribution in [3.8, 4) is 23.0 Å². The Hall–Kier alpha value is -2.43.